The first-order valence-electron chi connectivity index (χ1n) is 6.98. The highest BCUT2D eigenvalue weighted by molar-refractivity contribution is 7.98. The minimum atomic E-state index is 1.07. The molecule has 0 bridgehead atoms. The number of nitrogens with one attached hydrogen (secondary N) is 2. The number of benzene rings is 1. The number of para-hydroxylation sites is 1. The molecule has 0 fully saturated rings. The highest BCUT2D eigenvalue weighted by atomic mass is 32.2. The largest absolute Gasteiger partial charge is 0.358 e. The van der Waals surface area contributed by atoms with Gasteiger partial charge in [0.05, 0.1) is 11.2 Å². The maximum Gasteiger partial charge on any atom is 0.0673 e. The van der Waals surface area contributed by atoms with E-state index in [4.69, 9.17) is 0 Å². The van der Waals surface area contributed by atoms with Gasteiger partial charge in [0.15, 0.2) is 0 Å². The minimum Gasteiger partial charge on any atom is -0.358 e. The molecule has 3 aromatic rings. The number of aromatic nitrogens is 3. The Morgan fingerprint density at radius 2 is 2.15 bits per heavy atom. The van der Waals surface area contributed by atoms with E-state index in [-0.39, 0.29) is 0 Å². The van der Waals surface area contributed by atoms with Gasteiger partial charge in [-0.1, -0.05) is 18.2 Å². The molecule has 3 nitrogen and oxygen atoms in total. The van der Waals surface area contributed by atoms with Gasteiger partial charge in [0, 0.05) is 33.7 Å². The lowest BCUT2D eigenvalue weighted by Crippen LogP contribution is -1.99. The van der Waals surface area contributed by atoms with Gasteiger partial charge in [-0.25, -0.2) is 0 Å². The summed E-state index contributed by atoms with van der Waals surface area (Å²) in [5.41, 5.74) is 8.90. The van der Waals surface area contributed by atoms with Crippen molar-refractivity contribution in [1.82, 2.24) is 15.2 Å². The van der Waals surface area contributed by atoms with Crippen LogP contribution in [0.25, 0.3) is 22.0 Å². The van der Waals surface area contributed by atoms with Crippen molar-refractivity contribution < 1.29 is 0 Å². The van der Waals surface area contributed by atoms with Gasteiger partial charge in [0.25, 0.3) is 0 Å². The van der Waals surface area contributed by atoms with E-state index in [0.717, 1.165) is 23.6 Å². The molecule has 102 valence electrons. The predicted molar refractivity (Wildman–Crippen MR) is 85.2 cm³/mol. The van der Waals surface area contributed by atoms with E-state index in [2.05, 4.69) is 47.2 Å². The first kappa shape index (κ1) is 12.1. The Balaban J connectivity index is 2.04. The SMILES string of the molecule is Cc1n[nH]c(C)c1-c1cccc2c3c([nH]c12)CCSC3. The zero-order valence-electron chi connectivity index (χ0n) is 11.7. The van der Waals surface area contributed by atoms with Crippen LogP contribution in [0.5, 0.6) is 0 Å². The van der Waals surface area contributed by atoms with Gasteiger partial charge in [-0.05, 0) is 31.6 Å². The summed E-state index contributed by atoms with van der Waals surface area (Å²) in [6, 6.07) is 6.60. The summed E-state index contributed by atoms with van der Waals surface area (Å²) in [4.78, 5) is 3.67. The lowest BCUT2D eigenvalue weighted by molar-refractivity contribution is 1.02. The van der Waals surface area contributed by atoms with Gasteiger partial charge in [-0.2, -0.15) is 16.9 Å². The molecule has 0 amide bonds. The summed E-state index contributed by atoms with van der Waals surface area (Å²) in [5.74, 6) is 2.35. The molecule has 0 radical (unpaired) electrons. The zero-order valence-corrected chi connectivity index (χ0v) is 12.5. The second-order valence-corrected chi connectivity index (χ2v) is 6.53. The van der Waals surface area contributed by atoms with Crippen molar-refractivity contribution in [3.8, 4) is 11.1 Å². The van der Waals surface area contributed by atoms with Crippen molar-refractivity contribution in [3.63, 3.8) is 0 Å². The number of thioether (sulfide) groups is 1. The Hall–Kier alpha value is -1.68. The Kier molecular flexibility index (Phi) is 2.67. The highest BCUT2D eigenvalue weighted by Crippen LogP contribution is 2.37. The Labute approximate surface area is 122 Å². The fourth-order valence-corrected chi connectivity index (χ4v) is 4.24. The summed E-state index contributed by atoms with van der Waals surface area (Å²) in [6.07, 6.45) is 1.15. The van der Waals surface area contributed by atoms with Gasteiger partial charge in [0.2, 0.25) is 0 Å². The molecule has 0 unspecified atom stereocenters. The Morgan fingerprint density at radius 1 is 1.25 bits per heavy atom. The van der Waals surface area contributed by atoms with Crippen LogP contribution in [0.15, 0.2) is 18.2 Å². The Bertz CT molecular complexity index is 778. The molecule has 0 atom stereocenters. The van der Waals surface area contributed by atoms with Crippen molar-refractivity contribution in [2.45, 2.75) is 26.0 Å². The lowest BCUT2D eigenvalue weighted by Gasteiger charge is -2.10. The van der Waals surface area contributed by atoms with E-state index < -0.39 is 0 Å². The molecule has 4 heteroatoms. The molecule has 20 heavy (non-hydrogen) atoms. The predicted octanol–water partition coefficient (Wildman–Crippen LogP) is 3.96. The summed E-state index contributed by atoms with van der Waals surface area (Å²) >= 11 is 2.03. The number of hydrogen-bond acceptors (Lipinski definition) is 2. The maximum atomic E-state index is 4.34. The fourth-order valence-electron chi connectivity index (χ4n) is 3.21. The molecule has 2 N–H and O–H groups in total. The fraction of sp³-hybridized carbons (Fsp3) is 0.312. The number of hydrogen-bond donors (Lipinski definition) is 2. The van der Waals surface area contributed by atoms with Crippen LogP contribution in [0.2, 0.25) is 0 Å². The molecule has 0 saturated heterocycles. The molecule has 3 heterocycles. The molecule has 0 saturated carbocycles. The summed E-state index contributed by atoms with van der Waals surface area (Å²) in [5, 5.41) is 8.81. The second kappa shape index (κ2) is 4.42. The van der Waals surface area contributed by atoms with Crippen LogP contribution in [0, 0.1) is 13.8 Å². The van der Waals surface area contributed by atoms with Crippen molar-refractivity contribution in [3.05, 3.63) is 40.8 Å². The summed E-state index contributed by atoms with van der Waals surface area (Å²) in [6.45, 7) is 4.16. The topological polar surface area (TPSA) is 44.5 Å². The van der Waals surface area contributed by atoms with E-state index >= 15 is 0 Å². The molecule has 4 rings (SSSR count). The third-order valence-corrected chi connectivity index (χ3v) is 5.16. The molecular weight excluding hydrogens is 266 g/mol. The molecule has 1 aromatic carbocycles. The average molecular weight is 283 g/mol. The maximum absolute atomic E-state index is 4.34. The molecule has 1 aliphatic rings. The smallest absolute Gasteiger partial charge is 0.0673 e. The zero-order chi connectivity index (χ0) is 13.7. The van der Waals surface area contributed by atoms with E-state index in [1.165, 1.54) is 39.0 Å². The van der Waals surface area contributed by atoms with Crippen LogP contribution in [0.4, 0.5) is 0 Å². The molecule has 0 spiro atoms. The first-order valence-corrected chi connectivity index (χ1v) is 8.13. The van der Waals surface area contributed by atoms with E-state index in [0.29, 0.717) is 0 Å². The minimum absolute atomic E-state index is 1.07. The number of H-pyrrole nitrogens is 2. The van der Waals surface area contributed by atoms with Gasteiger partial charge in [0.1, 0.15) is 0 Å². The Morgan fingerprint density at radius 3 is 2.95 bits per heavy atom. The van der Waals surface area contributed by atoms with Crippen LogP contribution in [-0.4, -0.2) is 20.9 Å². The van der Waals surface area contributed by atoms with Crippen LogP contribution in [0.3, 0.4) is 0 Å². The van der Waals surface area contributed by atoms with Crippen molar-refractivity contribution in [2.75, 3.05) is 5.75 Å². The number of nitrogens with zero attached hydrogens (tertiary/aromatic N) is 1. The van der Waals surface area contributed by atoms with Crippen LogP contribution < -0.4 is 0 Å². The van der Waals surface area contributed by atoms with Gasteiger partial charge < -0.3 is 4.98 Å². The molecule has 2 aromatic heterocycles. The highest BCUT2D eigenvalue weighted by Gasteiger charge is 2.19. The normalized spacial score (nSPS) is 14.7. The van der Waals surface area contributed by atoms with E-state index in [9.17, 15) is 0 Å². The summed E-state index contributed by atoms with van der Waals surface area (Å²) < 4.78 is 0. The third-order valence-electron chi connectivity index (χ3n) is 4.17. The second-order valence-electron chi connectivity index (χ2n) is 5.42. The third kappa shape index (κ3) is 1.64. The number of rotatable bonds is 1. The van der Waals surface area contributed by atoms with Crippen molar-refractivity contribution >= 4 is 22.7 Å². The van der Waals surface area contributed by atoms with Gasteiger partial charge in [-0.15, -0.1) is 0 Å². The molecule has 0 aliphatic carbocycles. The molecule has 1 aliphatic heterocycles. The number of aryl methyl sites for hydroxylation is 3. The van der Waals surface area contributed by atoms with Crippen molar-refractivity contribution in [1.29, 1.82) is 0 Å². The molecular formula is C16H17N3S. The van der Waals surface area contributed by atoms with Crippen LogP contribution in [0.1, 0.15) is 22.6 Å². The number of fused-ring (bicyclic) bond motifs is 3. The monoisotopic (exact) mass is 283 g/mol. The number of aromatic amines is 2. The lowest BCUT2D eigenvalue weighted by atomic mass is 10.0. The van der Waals surface area contributed by atoms with Gasteiger partial charge >= 0.3 is 0 Å². The quantitative estimate of drug-likeness (QED) is 0.710. The van der Waals surface area contributed by atoms with Crippen LogP contribution in [-0.2, 0) is 12.2 Å². The van der Waals surface area contributed by atoms with E-state index in [1.807, 2.05) is 11.8 Å². The standard InChI is InChI=1S/C16H17N3S/c1-9-15(10(2)19-18-9)12-5-3-4-11-13-8-20-7-6-14(13)17-16(11)12/h3-5,17H,6-8H2,1-2H3,(H,18,19). The van der Waals surface area contributed by atoms with Crippen LogP contribution >= 0.6 is 11.8 Å². The van der Waals surface area contributed by atoms with E-state index in [1.54, 1.807) is 0 Å². The average Bonchev–Trinajstić information content (AvgIpc) is 3.00. The van der Waals surface area contributed by atoms with Gasteiger partial charge in [-0.3, -0.25) is 5.10 Å². The van der Waals surface area contributed by atoms with Crippen molar-refractivity contribution in [2.24, 2.45) is 0 Å². The summed E-state index contributed by atoms with van der Waals surface area (Å²) in [7, 11) is 0. The first-order chi connectivity index (χ1) is 9.75.